The molecule has 0 fully saturated rings. The molecule has 0 aliphatic rings. The molecule has 150 valence electrons. The van der Waals surface area contributed by atoms with E-state index in [9.17, 15) is 16.8 Å². The molecule has 0 saturated carbocycles. The maximum atomic E-state index is 11.1. The van der Waals surface area contributed by atoms with E-state index in [4.69, 9.17) is 28.3 Å². The van der Waals surface area contributed by atoms with Gasteiger partial charge in [-0.25, -0.2) is 22.0 Å². The van der Waals surface area contributed by atoms with Gasteiger partial charge < -0.3 is 4.90 Å². The molecule has 0 spiro atoms. The fraction of sp³-hybridized carbons (Fsp3) is 0.923. The van der Waals surface area contributed by atoms with Crippen LogP contribution < -0.4 is 5.14 Å². The Morgan fingerprint density at radius 3 is 1.67 bits per heavy atom. The zero-order valence-electron chi connectivity index (χ0n) is 12.9. The van der Waals surface area contributed by atoms with Gasteiger partial charge in [-0.15, -0.1) is 23.2 Å². The van der Waals surface area contributed by atoms with Crippen LogP contribution in [-0.4, -0.2) is 65.4 Å². The molecule has 0 bridgehead atoms. The van der Waals surface area contributed by atoms with Gasteiger partial charge in [0.25, 0.3) is 10.0 Å². The molecule has 0 aromatic carbocycles. The van der Waals surface area contributed by atoms with Gasteiger partial charge >= 0.3 is 0 Å². The molecule has 0 rings (SSSR count). The van der Waals surface area contributed by atoms with Crippen LogP contribution in [0.25, 0.3) is 0 Å². The van der Waals surface area contributed by atoms with Gasteiger partial charge in [0.2, 0.25) is 10.0 Å². The van der Waals surface area contributed by atoms with E-state index in [1.54, 1.807) is 19.0 Å². The van der Waals surface area contributed by atoms with Crippen LogP contribution in [0, 0.1) is 0 Å². The third-order valence-corrected chi connectivity index (χ3v) is 4.65. The second kappa shape index (κ2) is 17.7. The average Bonchev–Trinajstić information content (AvgIpc) is 2.36. The Bertz CT molecular complexity index is 495. The molecule has 0 unspecified atom stereocenters. The smallest absolute Gasteiger partial charge is 0.254 e. The highest BCUT2D eigenvalue weighted by Gasteiger charge is 2.05. The first-order valence-corrected chi connectivity index (χ1v) is 11.0. The Hall–Kier alpha value is -0.0900. The molecule has 0 amide bonds. The predicted molar refractivity (Wildman–Crippen MR) is 107 cm³/mol. The number of nitrogens with two attached hydrogens (primary N) is 1. The van der Waals surface area contributed by atoms with Crippen LogP contribution in [0.1, 0.15) is 40.5 Å². The minimum atomic E-state index is -3.28. The third kappa shape index (κ3) is 29.9. The molecule has 24 heavy (non-hydrogen) atoms. The number of unbranched alkanes of at least 4 members (excludes halogenated alkanes) is 2. The Balaban J connectivity index is -0.000000162. The fourth-order valence-corrected chi connectivity index (χ4v) is 2.99. The summed E-state index contributed by atoms with van der Waals surface area (Å²) >= 11 is 10.7. The Labute approximate surface area is 158 Å². The van der Waals surface area contributed by atoms with Gasteiger partial charge in [-0.1, -0.05) is 14.9 Å². The van der Waals surface area contributed by atoms with E-state index in [-0.39, 0.29) is 26.4 Å². The summed E-state index contributed by atoms with van der Waals surface area (Å²) in [7, 11) is -3.09. The van der Waals surface area contributed by atoms with E-state index in [1.165, 1.54) is 6.34 Å². The highest BCUT2D eigenvalue weighted by molar-refractivity contribution is 7.90. The quantitative estimate of drug-likeness (QED) is 0.248. The van der Waals surface area contributed by atoms with Gasteiger partial charge in [-0.05, 0) is 25.7 Å². The lowest BCUT2D eigenvalue weighted by Crippen LogP contribution is -2.16. The molecule has 7 nitrogen and oxygen atoms in total. The van der Waals surface area contributed by atoms with Crippen molar-refractivity contribution in [3.8, 4) is 0 Å². The summed E-state index contributed by atoms with van der Waals surface area (Å²) in [6, 6.07) is 0. The SMILES string of the molecule is C.C.CN(C)C=NS(=O)(=O)CCCCCl.NS(=O)(=O)CCCCCl. The van der Waals surface area contributed by atoms with Crippen LogP contribution in [0.3, 0.4) is 0 Å². The lowest BCUT2D eigenvalue weighted by molar-refractivity contribution is 0.591. The van der Waals surface area contributed by atoms with Crippen LogP contribution in [0.2, 0.25) is 0 Å². The Kier molecular flexibility index (Phi) is 23.4. The first-order chi connectivity index (χ1) is 10.0. The minimum Gasteiger partial charge on any atom is -0.368 e. The van der Waals surface area contributed by atoms with E-state index >= 15 is 0 Å². The summed E-state index contributed by atoms with van der Waals surface area (Å²) in [5, 5.41) is 4.71. The maximum Gasteiger partial charge on any atom is 0.254 e. The highest BCUT2D eigenvalue weighted by atomic mass is 35.5. The second-order valence-electron chi connectivity index (χ2n) is 4.63. The molecular weight excluding hydrogens is 397 g/mol. The number of rotatable bonds is 10. The molecule has 0 aromatic heterocycles. The summed E-state index contributed by atoms with van der Waals surface area (Å²) in [5.41, 5.74) is 0. The van der Waals surface area contributed by atoms with Gasteiger partial charge in [0.15, 0.2) is 0 Å². The van der Waals surface area contributed by atoms with Crippen LogP contribution in [0.5, 0.6) is 0 Å². The molecule has 2 N–H and O–H groups in total. The fourth-order valence-electron chi connectivity index (χ4n) is 0.996. The zero-order valence-corrected chi connectivity index (χ0v) is 16.1. The van der Waals surface area contributed by atoms with Gasteiger partial charge in [-0.2, -0.15) is 4.40 Å². The van der Waals surface area contributed by atoms with E-state index in [1.807, 2.05) is 0 Å². The van der Waals surface area contributed by atoms with Crippen molar-refractivity contribution >= 4 is 49.6 Å². The van der Waals surface area contributed by atoms with Crippen LogP contribution in [-0.2, 0) is 20.0 Å². The van der Waals surface area contributed by atoms with Crippen molar-refractivity contribution in [1.29, 1.82) is 0 Å². The topological polar surface area (TPSA) is 110 Å². The summed E-state index contributed by atoms with van der Waals surface area (Å²) in [6.07, 6.45) is 3.82. The molecule has 0 atom stereocenters. The standard InChI is InChI=1S/C7H15ClN2O2S.C4H10ClNO2S.2CH4/c1-10(2)7-9-13(11,12)6-4-3-5-8;5-3-1-2-4-9(6,7)8;;/h7H,3-6H2,1-2H3;1-4H2,(H2,6,7,8);2*1H4. The second-order valence-corrected chi connectivity index (χ2v) is 8.90. The third-order valence-electron chi connectivity index (χ3n) is 2.04. The number of halogens is 2. The number of hydrogen-bond donors (Lipinski definition) is 1. The molecule has 11 heteroatoms. The lowest BCUT2D eigenvalue weighted by Gasteiger charge is -2.02. The van der Waals surface area contributed by atoms with Crippen LogP contribution >= 0.6 is 23.2 Å². The maximum absolute atomic E-state index is 11.1. The number of sulfonamides is 2. The molecule has 0 aliphatic carbocycles. The molecule has 0 heterocycles. The van der Waals surface area contributed by atoms with Gasteiger partial charge in [0.1, 0.15) is 6.34 Å². The van der Waals surface area contributed by atoms with Crippen molar-refractivity contribution in [2.45, 2.75) is 40.5 Å². The number of hydrogen-bond acceptors (Lipinski definition) is 4. The lowest BCUT2D eigenvalue weighted by atomic mass is 10.4. The van der Waals surface area contributed by atoms with Crippen molar-refractivity contribution in [1.82, 2.24) is 4.90 Å². The molecule has 0 radical (unpaired) electrons. The first-order valence-electron chi connectivity index (χ1n) is 6.61. The normalized spacial score (nSPS) is 11.0. The average molecular weight is 430 g/mol. The van der Waals surface area contributed by atoms with E-state index < -0.39 is 20.0 Å². The van der Waals surface area contributed by atoms with Gasteiger partial charge in [0, 0.05) is 25.9 Å². The number of alkyl halides is 2. The van der Waals surface area contributed by atoms with E-state index in [0.717, 1.165) is 0 Å². The Morgan fingerprint density at radius 2 is 1.33 bits per heavy atom. The molecule has 0 aromatic rings. The van der Waals surface area contributed by atoms with Crippen LogP contribution in [0.15, 0.2) is 4.40 Å². The highest BCUT2D eigenvalue weighted by Crippen LogP contribution is 1.99. The predicted octanol–water partition coefficient (Wildman–Crippen LogP) is 2.49. The molecule has 0 aliphatic heterocycles. The largest absolute Gasteiger partial charge is 0.368 e. The van der Waals surface area contributed by atoms with Crippen molar-refractivity contribution in [3.05, 3.63) is 0 Å². The van der Waals surface area contributed by atoms with E-state index in [2.05, 4.69) is 4.40 Å². The summed E-state index contributed by atoms with van der Waals surface area (Å²) in [6.45, 7) is 0. The van der Waals surface area contributed by atoms with Gasteiger partial charge in [-0.3, -0.25) is 0 Å². The van der Waals surface area contributed by atoms with Gasteiger partial charge in [0.05, 0.1) is 11.5 Å². The van der Waals surface area contributed by atoms with Crippen molar-refractivity contribution < 1.29 is 16.8 Å². The zero-order chi connectivity index (χ0) is 17.6. The van der Waals surface area contributed by atoms with E-state index in [0.29, 0.717) is 37.4 Å². The molecule has 0 saturated heterocycles. The first kappa shape index (κ1) is 31.7. The van der Waals surface area contributed by atoms with Crippen molar-refractivity contribution in [2.75, 3.05) is 37.4 Å². The summed E-state index contributed by atoms with van der Waals surface area (Å²) in [4.78, 5) is 1.58. The summed E-state index contributed by atoms with van der Waals surface area (Å²) < 4.78 is 46.2. The summed E-state index contributed by atoms with van der Waals surface area (Å²) in [5.74, 6) is 1.10. The monoisotopic (exact) mass is 429 g/mol. The number of primary sulfonamides is 1. The number of nitrogens with zero attached hydrogens (tertiary/aromatic N) is 2. The Morgan fingerprint density at radius 1 is 0.917 bits per heavy atom. The van der Waals surface area contributed by atoms with Crippen molar-refractivity contribution in [3.63, 3.8) is 0 Å². The van der Waals surface area contributed by atoms with Crippen LogP contribution in [0.4, 0.5) is 0 Å². The van der Waals surface area contributed by atoms with Crippen molar-refractivity contribution in [2.24, 2.45) is 9.54 Å². The minimum absolute atomic E-state index is 0. The molecular formula is C13H33Cl2N3O4S2.